The summed E-state index contributed by atoms with van der Waals surface area (Å²) >= 11 is 3.36. The van der Waals surface area contributed by atoms with Crippen molar-refractivity contribution in [1.29, 1.82) is 0 Å². The molecular weight excluding hydrogens is 468 g/mol. The van der Waals surface area contributed by atoms with E-state index in [2.05, 4.69) is 31.9 Å². The number of amides is 2. The average molecular weight is 489 g/mol. The van der Waals surface area contributed by atoms with Crippen LogP contribution in [0.25, 0.3) is 10.8 Å². The van der Waals surface area contributed by atoms with Gasteiger partial charge in [0.1, 0.15) is 0 Å². The average Bonchev–Trinajstić information content (AvgIpc) is 2.78. The quantitative estimate of drug-likeness (QED) is 0.515. The molecule has 0 aliphatic carbocycles. The Balaban J connectivity index is 1.85. The lowest BCUT2D eigenvalue weighted by Gasteiger charge is -2.14. The lowest BCUT2D eigenvalue weighted by atomic mass is 10.1. The number of aryl methyl sites for hydroxylation is 1. The van der Waals surface area contributed by atoms with Gasteiger partial charge in [0, 0.05) is 17.5 Å². The Kier molecular flexibility index (Phi) is 6.91. The number of carbonyl (C=O) groups is 2. The van der Waals surface area contributed by atoms with Crippen LogP contribution in [-0.4, -0.2) is 35.3 Å². The van der Waals surface area contributed by atoms with E-state index in [0.717, 1.165) is 0 Å². The SMILES string of the molecule is CCOc1c(Br)cc(C(=O)NNC(=O)c2nn(CC)c(=O)c3ccccc23)cc1OC. The number of rotatable bonds is 6. The van der Waals surface area contributed by atoms with Crippen LogP contribution in [0.4, 0.5) is 0 Å². The van der Waals surface area contributed by atoms with Gasteiger partial charge in [0.25, 0.3) is 17.4 Å². The summed E-state index contributed by atoms with van der Waals surface area (Å²) in [6.45, 7) is 4.32. The minimum Gasteiger partial charge on any atom is -0.493 e. The van der Waals surface area contributed by atoms with E-state index in [1.54, 1.807) is 37.3 Å². The van der Waals surface area contributed by atoms with Gasteiger partial charge in [-0.3, -0.25) is 25.2 Å². The monoisotopic (exact) mass is 488 g/mol. The molecule has 162 valence electrons. The first-order valence-electron chi connectivity index (χ1n) is 9.52. The second-order valence-electron chi connectivity index (χ2n) is 6.35. The van der Waals surface area contributed by atoms with Crippen molar-refractivity contribution in [3.8, 4) is 11.5 Å². The second kappa shape index (κ2) is 9.61. The van der Waals surface area contributed by atoms with Crippen molar-refractivity contribution in [2.24, 2.45) is 0 Å². The maximum atomic E-state index is 12.7. The van der Waals surface area contributed by atoms with E-state index in [9.17, 15) is 14.4 Å². The third-order valence-corrected chi connectivity index (χ3v) is 5.04. The first-order valence-corrected chi connectivity index (χ1v) is 10.3. The largest absolute Gasteiger partial charge is 0.493 e. The molecule has 2 aromatic carbocycles. The molecule has 2 amide bonds. The van der Waals surface area contributed by atoms with Crippen molar-refractivity contribution in [2.75, 3.05) is 13.7 Å². The molecular formula is C21H21BrN4O5. The van der Waals surface area contributed by atoms with E-state index in [1.807, 2.05) is 6.92 Å². The van der Waals surface area contributed by atoms with Gasteiger partial charge in [-0.2, -0.15) is 5.10 Å². The number of ether oxygens (including phenoxy) is 2. The number of nitrogens with zero attached hydrogens (tertiary/aromatic N) is 2. The molecule has 0 saturated heterocycles. The van der Waals surface area contributed by atoms with Gasteiger partial charge in [-0.25, -0.2) is 4.68 Å². The van der Waals surface area contributed by atoms with Crippen LogP contribution in [0.15, 0.2) is 45.7 Å². The highest BCUT2D eigenvalue weighted by Crippen LogP contribution is 2.36. The number of benzene rings is 2. The van der Waals surface area contributed by atoms with Gasteiger partial charge in [0.05, 0.1) is 23.6 Å². The number of hydrogen-bond acceptors (Lipinski definition) is 6. The third kappa shape index (κ3) is 4.53. The number of nitrogens with one attached hydrogen (secondary N) is 2. The van der Waals surface area contributed by atoms with Crippen LogP contribution in [-0.2, 0) is 6.54 Å². The fraction of sp³-hybridized carbons (Fsp3) is 0.238. The standard InChI is InChI=1S/C21H21BrN4O5/c1-4-26-21(29)14-9-7-6-8-13(14)17(25-26)20(28)24-23-19(27)12-10-15(22)18(31-5-2)16(11-12)30-3/h6-11H,4-5H2,1-3H3,(H,23,27)(H,24,28). The van der Waals surface area contributed by atoms with Crippen LogP contribution in [0, 0.1) is 0 Å². The normalized spacial score (nSPS) is 10.6. The molecule has 9 nitrogen and oxygen atoms in total. The molecule has 31 heavy (non-hydrogen) atoms. The Morgan fingerprint density at radius 1 is 1.10 bits per heavy atom. The maximum absolute atomic E-state index is 12.7. The Hall–Kier alpha value is -3.40. The molecule has 0 fully saturated rings. The van der Waals surface area contributed by atoms with E-state index in [0.29, 0.717) is 39.9 Å². The van der Waals surface area contributed by atoms with E-state index in [-0.39, 0.29) is 16.8 Å². The van der Waals surface area contributed by atoms with Crippen LogP contribution in [0.3, 0.4) is 0 Å². The van der Waals surface area contributed by atoms with Crippen LogP contribution >= 0.6 is 15.9 Å². The van der Waals surface area contributed by atoms with E-state index in [4.69, 9.17) is 9.47 Å². The van der Waals surface area contributed by atoms with Crippen molar-refractivity contribution in [1.82, 2.24) is 20.6 Å². The zero-order valence-electron chi connectivity index (χ0n) is 17.2. The van der Waals surface area contributed by atoms with Crippen LogP contribution in [0.5, 0.6) is 11.5 Å². The van der Waals surface area contributed by atoms with Crippen LogP contribution < -0.4 is 25.9 Å². The smallest absolute Gasteiger partial charge is 0.290 e. The molecule has 0 spiro atoms. The van der Waals surface area contributed by atoms with E-state index >= 15 is 0 Å². The molecule has 10 heteroatoms. The summed E-state index contributed by atoms with van der Waals surface area (Å²) in [5, 5.41) is 4.91. The van der Waals surface area contributed by atoms with Crippen molar-refractivity contribution < 1.29 is 19.1 Å². The zero-order valence-corrected chi connectivity index (χ0v) is 18.8. The summed E-state index contributed by atoms with van der Waals surface area (Å²) < 4.78 is 12.5. The molecule has 0 atom stereocenters. The molecule has 1 heterocycles. The Morgan fingerprint density at radius 3 is 2.42 bits per heavy atom. The summed E-state index contributed by atoms with van der Waals surface area (Å²) in [6, 6.07) is 9.74. The van der Waals surface area contributed by atoms with Gasteiger partial charge in [0.15, 0.2) is 17.2 Å². The van der Waals surface area contributed by atoms with Gasteiger partial charge in [-0.1, -0.05) is 18.2 Å². The molecule has 3 aromatic rings. The second-order valence-corrected chi connectivity index (χ2v) is 7.20. The fourth-order valence-corrected chi connectivity index (χ4v) is 3.55. The Morgan fingerprint density at radius 2 is 1.77 bits per heavy atom. The lowest BCUT2D eigenvalue weighted by molar-refractivity contribution is 0.0843. The first kappa shape index (κ1) is 22.3. The van der Waals surface area contributed by atoms with Gasteiger partial charge < -0.3 is 9.47 Å². The highest BCUT2D eigenvalue weighted by Gasteiger charge is 2.19. The molecule has 0 saturated carbocycles. The highest BCUT2D eigenvalue weighted by atomic mass is 79.9. The van der Waals surface area contributed by atoms with Gasteiger partial charge >= 0.3 is 0 Å². The predicted molar refractivity (Wildman–Crippen MR) is 118 cm³/mol. The zero-order chi connectivity index (χ0) is 22.5. The minimum absolute atomic E-state index is 0.0304. The molecule has 0 aliphatic heterocycles. The van der Waals surface area contributed by atoms with Crippen molar-refractivity contribution in [3.63, 3.8) is 0 Å². The molecule has 2 N–H and O–H groups in total. The molecule has 0 bridgehead atoms. The number of methoxy groups -OCH3 is 1. The van der Waals surface area contributed by atoms with Crippen LogP contribution in [0.1, 0.15) is 34.7 Å². The number of hydrogen-bond donors (Lipinski definition) is 2. The molecule has 0 unspecified atom stereocenters. The van der Waals surface area contributed by atoms with E-state index < -0.39 is 11.8 Å². The molecule has 0 radical (unpaired) electrons. The summed E-state index contributed by atoms with van der Waals surface area (Å²) in [4.78, 5) is 37.8. The predicted octanol–water partition coefficient (Wildman–Crippen LogP) is 2.66. The third-order valence-electron chi connectivity index (χ3n) is 4.45. The van der Waals surface area contributed by atoms with Crippen molar-refractivity contribution in [2.45, 2.75) is 20.4 Å². The Labute approximate surface area is 186 Å². The van der Waals surface area contributed by atoms with Gasteiger partial charge in [0.2, 0.25) is 0 Å². The molecule has 3 rings (SSSR count). The molecule has 0 aliphatic rings. The van der Waals surface area contributed by atoms with Crippen molar-refractivity contribution in [3.05, 3.63) is 62.5 Å². The topological polar surface area (TPSA) is 112 Å². The summed E-state index contributed by atoms with van der Waals surface area (Å²) in [6.07, 6.45) is 0. The molecule has 1 aromatic heterocycles. The maximum Gasteiger partial charge on any atom is 0.290 e. The van der Waals surface area contributed by atoms with Crippen LogP contribution in [0.2, 0.25) is 0 Å². The van der Waals surface area contributed by atoms with E-state index in [1.165, 1.54) is 17.9 Å². The number of halogens is 1. The lowest BCUT2D eigenvalue weighted by Crippen LogP contribution is -2.42. The number of carbonyl (C=O) groups excluding carboxylic acids is 2. The minimum atomic E-state index is -0.649. The van der Waals surface area contributed by atoms with Gasteiger partial charge in [-0.05, 0) is 48.0 Å². The summed E-state index contributed by atoms with van der Waals surface area (Å²) in [5.74, 6) is -0.370. The number of fused-ring (bicyclic) bond motifs is 1. The summed E-state index contributed by atoms with van der Waals surface area (Å²) in [5.41, 5.74) is 4.70. The van der Waals surface area contributed by atoms with Gasteiger partial charge in [-0.15, -0.1) is 0 Å². The number of aromatic nitrogens is 2. The summed E-state index contributed by atoms with van der Waals surface area (Å²) in [7, 11) is 1.47. The van der Waals surface area contributed by atoms with Crippen molar-refractivity contribution >= 4 is 38.5 Å². The first-order chi connectivity index (χ1) is 14.9. The number of hydrazine groups is 1. The highest BCUT2D eigenvalue weighted by molar-refractivity contribution is 9.10. The Bertz CT molecular complexity index is 1210. The fourth-order valence-electron chi connectivity index (χ4n) is 3.00.